The predicted molar refractivity (Wildman–Crippen MR) is 25.1 cm³/mol. The molecule has 0 rings (SSSR count). The number of hydrogen-bond donors (Lipinski definition) is 2. The van der Waals surface area contributed by atoms with Crippen molar-refractivity contribution < 1.29 is 18.4 Å². The molecule has 0 saturated carbocycles. The number of hydroxylamine groups is 1. The van der Waals surface area contributed by atoms with Gasteiger partial charge in [0.05, 0.1) is 0 Å². The lowest BCUT2D eigenvalue weighted by molar-refractivity contribution is -0.135. The van der Waals surface area contributed by atoms with Gasteiger partial charge in [-0.25, -0.2) is 5.48 Å². The van der Waals surface area contributed by atoms with Gasteiger partial charge in [-0.15, -0.1) is 0 Å². The Morgan fingerprint density at radius 2 is 1.89 bits per heavy atom. The van der Waals surface area contributed by atoms with Crippen LogP contribution in [-0.2, 0) is 0 Å². The van der Waals surface area contributed by atoms with E-state index in [1.165, 1.54) is 0 Å². The molecule has 0 aliphatic heterocycles. The fourth-order valence-corrected chi connectivity index (χ4v) is 0.368. The summed E-state index contributed by atoms with van der Waals surface area (Å²) in [6.45, 7) is -0.0144. The number of halogens is 3. The van der Waals surface area contributed by atoms with E-state index in [-0.39, 0.29) is 13.0 Å². The summed E-state index contributed by atoms with van der Waals surface area (Å²) >= 11 is 0. The summed E-state index contributed by atoms with van der Waals surface area (Å²) in [5.74, 6) is 0. The van der Waals surface area contributed by atoms with Crippen molar-refractivity contribution in [3.05, 3.63) is 0 Å². The SMILES string of the molecule is ONCCCC(F)(F)F. The van der Waals surface area contributed by atoms with Crippen molar-refractivity contribution in [1.82, 2.24) is 5.48 Å². The third-order valence-electron chi connectivity index (χ3n) is 0.749. The molecule has 0 radical (unpaired) electrons. The van der Waals surface area contributed by atoms with E-state index in [1.54, 1.807) is 5.48 Å². The zero-order valence-electron chi connectivity index (χ0n) is 4.70. The smallest absolute Gasteiger partial charge is 0.317 e. The van der Waals surface area contributed by atoms with E-state index in [4.69, 9.17) is 5.21 Å². The van der Waals surface area contributed by atoms with Gasteiger partial charge in [-0.05, 0) is 6.42 Å². The van der Waals surface area contributed by atoms with E-state index in [9.17, 15) is 13.2 Å². The molecule has 0 bridgehead atoms. The fraction of sp³-hybridized carbons (Fsp3) is 1.00. The molecule has 2 nitrogen and oxygen atoms in total. The molecule has 0 aromatic carbocycles. The first-order valence-electron chi connectivity index (χ1n) is 2.50. The summed E-state index contributed by atoms with van der Waals surface area (Å²) in [6, 6.07) is 0. The number of alkyl halides is 3. The lowest BCUT2D eigenvalue weighted by Gasteiger charge is -2.03. The standard InChI is InChI=1S/C4H8F3NO/c5-4(6,7)2-1-3-8-9/h8-9H,1-3H2. The maximum atomic E-state index is 11.3. The van der Waals surface area contributed by atoms with Gasteiger partial charge in [0.25, 0.3) is 0 Å². The highest BCUT2D eigenvalue weighted by Crippen LogP contribution is 2.20. The van der Waals surface area contributed by atoms with Crippen LogP contribution in [-0.4, -0.2) is 17.9 Å². The van der Waals surface area contributed by atoms with Crippen molar-refractivity contribution in [2.24, 2.45) is 0 Å². The quantitative estimate of drug-likeness (QED) is 0.461. The zero-order valence-corrected chi connectivity index (χ0v) is 4.70. The zero-order chi connectivity index (χ0) is 7.33. The summed E-state index contributed by atoms with van der Waals surface area (Å²) < 4.78 is 33.8. The molecule has 5 heteroatoms. The van der Waals surface area contributed by atoms with Crippen LogP contribution in [0.15, 0.2) is 0 Å². The van der Waals surface area contributed by atoms with Gasteiger partial charge in [-0.1, -0.05) is 0 Å². The molecule has 9 heavy (non-hydrogen) atoms. The Labute approximate surface area is 50.6 Å². The van der Waals surface area contributed by atoms with Crippen molar-refractivity contribution in [2.45, 2.75) is 19.0 Å². The highest BCUT2D eigenvalue weighted by Gasteiger charge is 2.25. The van der Waals surface area contributed by atoms with Gasteiger partial charge >= 0.3 is 6.18 Å². The number of rotatable bonds is 3. The van der Waals surface area contributed by atoms with Gasteiger partial charge < -0.3 is 5.21 Å². The Hall–Kier alpha value is -0.290. The third kappa shape index (κ3) is 7.71. The fourth-order valence-electron chi connectivity index (χ4n) is 0.368. The second kappa shape index (κ2) is 3.68. The Morgan fingerprint density at radius 1 is 1.33 bits per heavy atom. The molecule has 0 heterocycles. The Kier molecular flexibility index (Phi) is 3.56. The van der Waals surface area contributed by atoms with Gasteiger partial charge in [0.15, 0.2) is 0 Å². The molecule has 0 atom stereocenters. The summed E-state index contributed by atoms with van der Waals surface area (Å²) in [6.07, 6.45) is -5.03. The van der Waals surface area contributed by atoms with Crippen LogP contribution in [0.4, 0.5) is 13.2 Å². The van der Waals surface area contributed by atoms with E-state index in [0.29, 0.717) is 0 Å². The van der Waals surface area contributed by atoms with Crippen LogP contribution in [0.2, 0.25) is 0 Å². The van der Waals surface area contributed by atoms with Crippen LogP contribution < -0.4 is 5.48 Å². The van der Waals surface area contributed by atoms with E-state index in [1.807, 2.05) is 0 Å². The molecule has 0 aromatic heterocycles. The largest absolute Gasteiger partial charge is 0.389 e. The number of hydrogen-bond acceptors (Lipinski definition) is 2. The van der Waals surface area contributed by atoms with Crippen LogP contribution in [0.5, 0.6) is 0 Å². The molecular formula is C4H8F3NO. The monoisotopic (exact) mass is 143 g/mol. The van der Waals surface area contributed by atoms with Gasteiger partial charge in [0.2, 0.25) is 0 Å². The van der Waals surface area contributed by atoms with Crippen LogP contribution >= 0.6 is 0 Å². The second-order valence-electron chi connectivity index (χ2n) is 1.63. The first-order chi connectivity index (χ1) is 4.06. The minimum atomic E-state index is -4.10. The van der Waals surface area contributed by atoms with Crippen LogP contribution in [0, 0.1) is 0 Å². The minimum Gasteiger partial charge on any atom is -0.317 e. The summed E-state index contributed by atoms with van der Waals surface area (Å²) in [4.78, 5) is 0. The van der Waals surface area contributed by atoms with E-state index in [0.717, 1.165) is 0 Å². The Bertz CT molecular complexity index is 72.7. The third-order valence-corrected chi connectivity index (χ3v) is 0.749. The van der Waals surface area contributed by atoms with Gasteiger partial charge in [0, 0.05) is 13.0 Å². The van der Waals surface area contributed by atoms with Gasteiger partial charge in [-0.2, -0.15) is 13.2 Å². The summed E-state index contributed by atoms with van der Waals surface area (Å²) in [5.41, 5.74) is 1.64. The van der Waals surface area contributed by atoms with Crippen molar-refractivity contribution in [3.8, 4) is 0 Å². The molecule has 0 fully saturated rings. The molecule has 2 N–H and O–H groups in total. The van der Waals surface area contributed by atoms with Crippen LogP contribution in [0.25, 0.3) is 0 Å². The summed E-state index contributed by atoms with van der Waals surface area (Å²) in [5, 5.41) is 7.85. The lowest BCUT2D eigenvalue weighted by Crippen LogP contribution is -2.14. The highest BCUT2D eigenvalue weighted by molar-refractivity contribution is 4.49. The lowest BCUT2D eigenvalue weighted by atomic mass is 10.3. The minimum absolute atomic E-state index is 0.0144. The molecular weight excluding hydrogens is 135 g/mol. The van der Waals surface area contributed by atoms with Crippen molar-refractivity contribution >= 4 is 0 Å². The summed E-state index contributed by atoms with van der Waals surface area (Å²) in [7, 11) is 0. The first kappa shape index (κ1) is 8.71. The topological polar surface area (TPSA) is 32.3 Å². The Balaban J connectivity index is 3.07. The molecule has 0 aromatic rings. The maximum Gasteiger partial charge on any atom is 0.389 e. The van der Waals surface area contributed by atoms with Crippen LogP contribution in [0.3, 0.4) is 0 Å². The molecule has 0 aliphatic carbocycles. The molecule has 56 valence electrons. The maximum absolute atomic E-state index is 11.3. The molecule has 0 unspecified atom stereocenters. The predicted octanol–water partition coefficient (Wildman–Crippen LogP) is 1.31. The average molecular weight is 143 g/mol. The average Bonchev–Trinajstić information content (AvgIpc) is 1.63. The molecule has 0 saturated heterocycles. The Morgan fingerprint density at radius 3 is 2.22 bits per heavy atom. The van der Waals surface area contributed by atoms with Crippen molar-refractivity contribution in [1.29, 1.82) is 0 Å². The second-order valence-corrected chi connectivity index (χ2v) is 1.63. The highest BCUT2D eigenvalue weighted by atomic mass is 19.4. The van der Waals surface area contributed by atoms with Gasteiger partial charge in [-0.3, -0.25) is 0 Å². The van der Waals surface area contributed by atoms with E-state index in [2.05, 4.69) is 0 Å². The molecule has 0 aliphatic rings. The van der Waals surface area contributed by atoms with Crippen LogP contribution in [0.1, 0.15) is 12.8 Å². The first-order valence-corrected chi connectivity index (χ1v) is 2.50. The van der Waals surface area contributed by atoms with Crippen molar-refractivity contribution in [3.63, 3.8) is 0 Å². The van der Waals surface area contributed by atoms with E-state index < -0.39 is 12.6 Å². The number of nitrogens with one attached hydrogen (secondary N) is 1. The molecule has 0 amide bonds. The van der Waals surface area contributed by atoms with Crippen molar-refractivity contribution in [2.75, 3.05) is 6.54 Å². The normalized spacial score (nSPS) is 12.0. The molecule has 0 spiro atoms. The van der Waals surface area contributed by atoms with Gasteiger partial charge in [0.1, 0.15) is 0 Å². The van der Waals surface area contributed by atoms with E-state index >= 15 is 0 Å².